The molecule has 0 radical (unpaired) electrons. The van der Waals surface area contributed by atoms with Crippen LogP contribution in [0.2, 0.25) is 0 Å². The summed E-state index contributed by atoms with van der Waals surface area (Å²) >= 11 is 0. The van der Waals surface area contributed by atoms with Crippen LogP contribution in [0.1, 0.15) is 79.4 Å². The van der Waals surface area contributed by atoms with Crippen molar-refractivity contribution in [2.45, 2.75) is 103 Å². The highest BCUT2D eigenvalue weighted by atomic mass is 16.7. The van der Waals surface area contributed by atoms with Crippen LogP contribution in [0.4, 0.5) is 9.59 Å². The maximum atomic E-state index is 14.0. The summed E-state index contributed by atoms with van der Waals surface area (Å²) in [5.41, 5.74) is -3.37. The number of carbonyl (C=O) groups excluding carboxylic acids is 4. The first-order valence-electron chi connectivity index (χ1n) is 19.0. The van der Waals surface area contributed by atoms with Crippen molar-refractivity contribution in [1.82, 2.24) is 9.80 Å². The molecule has 2 aromatic carbocycles. The molecule has 2 aromatic rings. The summed E-state index contributed by atoms with van der Waals surface area (Å²) in [6.07, 6.45) is -0.766. The molecule has 0 spiro atoms. The predicted octanol–water partition coefficient (Wildman–Crippen LogP) is 6.50. The van der Waals surface area contributed by atoms with Crippen LogP contribution < -0.4 is 9.47 Å². The molecule has 326 valence electrons. The van der Waals surface area contributed by atoms with Crippen LogP contribution in [0.3, 0.4) is 0 Å². The van der Waals surface area contributed by atoms with Crippen molar-refractivity contribution in [1.29, 1.82) is 0 Å². The van der Waals surface area contributed by atoms with E-state index < -0.39 is 46.4 Å². The Balaban J connectivity index is 2.23. The minimum Gasteiger partial charge on any atom is -0.468 e. The van der Waals surface area contributed by atoms with E-state index in [0.717, 1.165) is 0 Å². The van der Waals surface area contributed by atoms with Crippen LogP contribution in [-0.2, 0) is 60.3 Å². The molecule has 0 aliphatic heterocycles. The van der Waals surface area contributed by atoms with E-state index >= 15 is 0 Å². The third-order valence-electron chi connectivity index (χ3n) is 8.45. The zero-order valence-electron chi connectivity index (χ0n) is 36.3. The second kappa shape index (κ2) is 23.1. The fraction of sp³-hybridized carbons (Fsp3) is 0.619. The molecule has 16 nitrogen and oxygen atoms in total. The normalized spacial score (nSPS) is 13.7. The minimum absolute atomic E-state index is 0.0482. The van der Waals surface area contributed by atoms with Crippen LogP contribution in [-0.4, -0.2) is 125 Å². The summed E-state index contributed by atoms with van der Waals surface area (Å²) in [4.78, 5) is 57.3. The molecule has 16 heteroatoms. The molecule has 58 heavy (non-hydrogen) atoms. The van der Waals surface area contributed by atoms with Gasteiger partial charge in [0.05, 0.1) is 13.2 Å². The van der Waals surface area contributed by atoms with Crippen molar-refractivity contribution in [2.24, 2.45) is 0 Å². The molecular weight excluding hydrogens is 756 g/mol. The highest BCUT2D eigenvalue weighted by molar-refractivity contribution is 5.86. The van der Waals surface area contributed by atoms with Crippen LogP contribution in [0.5, 0.6) is 11.5 Å². The quantitative estimate of drug-likeness (QED) is 0.0516. The van der Waals surface area contributed by atoms with Gasteiger partial charge in [0.15, 0.2) is 13.6 Å². The van der Waals surface area contributed by atoms with Crippen molar-refractivity contribution in [3.05, 3.63) is 59.7 Å². The number of methoxy groups -OCH3 is 4. The standard InChI is InChI=1S/C42H64N2O14/c1-39(2,3)57-37(47)43(27-49-9)41(7,25-31-15-19-33(20-16-31)55-29-51-11)35(45)53-23-13-14-24-54-36(46)42(8,44(28-50-10)38(48)58-40(4,5)6)26-32-17-21-34(22-18-32)56-30-52-12/h15-22H,13-14,23-30H2,1-12H3/t41-,42-/m0/s1. The zero-order valence-corrected chi connectivity index (χ0v) is 36.3. The van der Waals surface area contributed by atoms with Gasteiger partial charge in [0, 0.05) is 41.3 Å². The van der Waals surface area contributed by atoms with Crippen LogP contribution in [0.15, 0.2) is 48.5 Å². The van der Waals surface area contributed by atoms with Crippen molar-refractivity contribution >= 4 is 24.1 Å². The molecule has 0 aliphatic rings. The van der Waals surface area contributed by atoms with Crippen LogP contribution in [0.25, 0.3) is 0 Å². The molecule has 0 saturated carbocycles. The molecule has 0 saturated heterocycles. The van der Waals surface area contributed by atoms with E-state index in [1.54, 1.807) is 104 Å². The Morgan fingerprint density at radius 3 is 1.10 bits per heavy atom. The van der Waals surface area contributed by atoms with Crippen molar-refractivity contribution in [3.63, 3.8) is 0 Å². The molecule has 0 bridgehead atoms. The number of hydrogen-bond acceptors (Lipinski definition) is 14. The van der Waals surface area contributed by atoms with Gasteiger partial charge in [-0.1, -0.05) is 24.3 Å². The Morgan fingerprint density at radius 2 is 0.828 bits per heavy atom. The van der Waals surface area contributed by atoms with Gasteiger partial charge in [-0.15, -0.1) is 0 Å². The van der Waals surface area contributed by atoms with E-state index in [1.165, 1.54) is 38.2 Å². The Hall–Kier alpha value is -4.64. The van der Waals surface area contributed by atoms with Gasteiger partial charge in [-0.25, -0.2) is 19.2 Å². The summed E-state index contributed by atoms with van der Waals surface area (Å²) < 4.78 is 54.5. The van der Waals surface area contributed by atoms with Crippen molar-refractivity contribution < 1.29 is 66.5 Å². The Bertz CT molecular complexity index is 1450. The van der Waals surface area contributed by atoms with E-state index in [9.17, 15) is 19.2 Å². The smallest absolute Gasteiger partial charge is 0.413 e. The largest absolute Gasteiger partial charge is 0.468 e. The number of esters is 2. The molecule has 2 amide bonds. The Kier molecular flexibility index (Phi) is 19.7. The maximum absolute atomic E-state index is 14.0. The SMILES string of the molecule is COCOc1ccc(C[C@@](C)(C(=O)OCCCCOC(=O)[C@](C)(Cc2ccc(OCOC)cc2)N(COC)C(=O)OC(C)(C)C)N(COC)C(=O)OC(C)(C)C)cc1. The summed E-state index contributed by atoms with van der Waals surface area (Å²) in [6, 6.07) is 14.1. The van der Waals surface area contributed by atoms with E-state index in [2.05, 4.69) is 0 Å². The van der Waals surface area contributed by atoms with Crippen LogP contribution in [0, 0.1) is 0 Å². The lowest BCUT2D eigenvalue weighted by molar-refractivity contribution is -0.162. The number of carbonyl (C=O) groups is 4. The first-order chi connectivity index (χ1) is 27.2. The van der Waals surface area contributed by atoms with Gasteiger partial charge in [-0.2, -0.15) is 0 Å². The lowest BCUT2D eigenvalue weighted by Gasteiger charge is -2.39. The fourth-order valence-electron chi connectivity index (χ4n) is 5.54. The molecule has 0 unspecified atom stereocenters. The van der Waals surface area contributed by atoms with Gasteiger partial charge in [0.25, 0.3) is 0 Å². The van der Waals surface area contributed by atoms with Gasteiger partial charge in [0.1, 0.15) is 47.2 Å². The number of hydrogen-bond donors (Lipinski definition) is 0. The number of unbranched alkanes of at least 4 members (excludes halogenated alkanes) is 1. The number of amides is 2. The molecule has 0 fully saturated rings. The van der Waals surface area contributed by atoms with Crippen molar-refractivity contribution in [3.8, 4) is 11.5 Å². The highest BCUT2D eigenvalue weighted by Crippen LogP contribution is 2.29. The monoisotopic (exact) mass is 820 g/mol. The van der Waals surface area contributed by atoms with E-state index in [1.807, 2.05) is 0 Å². The number of benzene rings is 2. The summed E-state index contributed by atoms with van der Waals surface area (Å²) in [5, 5.41) is 0. The first-order valence-corrected chi connectivity index (χ1v) is 19.0. The van der Waals surface area contributed by atoms with Crippen molar-refractivity contribution in [2.75, 3.05) is 68.7 Å². The van der Waals surface area contributed by atoms with Gasteiger partial charge in [0.2, 0.25) is 0 Å². The van der Waals surface area contributed by atoms with Gasteiger partial charge < -0.3 is 47.4 Å². The maximum Gasteiger partial charge on any atom is 0.413 e. The average molecular weight is 821 g/mol. The molecule has 0 aliphatic carbocycles. The second-order valence-electron chi connectivity index (χ2n) is 15.9. The zero-order chi connectivity index (χ0) is 43.6. The number of nitrogens with zero attached hydrogens (tertiary/aromatic N) is 2. The Labute approximate surface area is 343 Å². The minimum atomic E-state index is -1.55. The molecular formula is C42H64N2O14. The molecule has 2 atom stereocenters. The molecule has 0 N–H and O–H groups in total. The molecule has 0 heterocycles. The number of rotatable bonds is 23. The highest BCUT2D eigenvalue weighted by Gasteiger charge is 2.47. The lowest BCUT2D eigenvalue weighted by atomic mass is 9.91. The third kappa shape index (κ3) is 16.0. The fourth-order valence-corrected chi connectivity index (χ4v) is 5.54. The predicted molar refractivity (Wildman–Crippen MR) is 213 cm³/mol. The third-order valence-corrected chi connectivity index (χ3v) is 8.45. The Morgan fingerprint density at radius 1 is 0.500 bits per heavy atom. The van der Waals surface area contributed by atoms with E-state index in [4.69, 9.17) is 47.4 Å². The van der Waals surface area contributed by atoms with Crippen LogP contribution >= 0.6 is 0 Å². The number of ether oxygens (including phenoxy) is 10. The molecule has 0 aromatic heterocycles. The average Bonchev–Trinajstić information content (AvgIpc) is 3.14. The summed E-state index contributed by atoms with van der Waals surface area (Å²) in [7, 11) is 5.86. The van der Waals surface area contributed by atoms with Gasteiger partial charge in [-0.3, -0.25) is 9.80 Å². The van der Waals surface area contributed by atoms with Gasteiger partial charge >= 0.3 is 24.1 Å². The van der Waals surface area contributed by atoms with Gasteiger partial charge in [-0.05, 0) is 104 Å². The first kappa shape index (κ1) is 49.5. The van der Waals surface area contributed by atoms with E-state index in [0.29, 0.717) is 35.5 Å². The lowest BCUT2D eigenvalue weighted by Crippen LogP contribution is -2.58. The summed E-state index contributed by atoms with van der Waals surface area (Å²) in [5.74, 6) is -0.247. The second-order valence-corrected chi connectivity index (χ2v) is 15.9. The topological polar surface area (TPSA) is 167 Å². The molecule has 2 rings (SSSR count). The summed E-state index contributed by atoms with van der Waals surface area (Å²) in [6.45, 7) is 13.1. The van der Waals surface area contributed by atoms with E-state index in [-0.39, 0.29) is 53.1 Å².